The van der Waals surface area contributed by atoms with E-state index < -0.39 is 0 Å². The van der Waals surface area contributed by atoms with Gasteiger partial charge in [-0.05, 0) is 146 Å². The molecule has 0 saturated carbocycles. The SMILES string of the molecule is CC1(C)c2ccc(-c3ccc(N(c4ccc(-c5ccc6sc7ccccc7c6c5)cc4)c4ccc(-c5cccc6oc7ccccc7c56)cc4)cc3)cc2-c2ccc(-c3ccccc3)cc21. The third-order valence-corrected chi connectivity index (χ3v) is 15.1. The third kappa shape index (κ3) is 6.23. The molecule has 1 aliphatic carbocycles. The van der Waals surface area contributed by atoms with Crippen LogP contribution in [-0.2, 0) is 5.41 Å². The summed E-state index contributed by atoms with van der Waals surface area (Å²) in [6.45, 7) is 4.72. The minimum Gasteiger partial charge on any atom is -0.456 e. The Hall–Kier alpha value is -7.98. The van der Waals surface area contributed by atoms with E-state index >= 15 is 0 Å². The van der Waals surface area contributed by atoms with Crippen molar-refractivity contribution in [3.63, 3.8) is 0 Å². The van der Waals surface area contributed by atoms with E-state index in [4.69, 9.17) is 4.42 Å². The first kappa shape index (κ1) is 38.5. The van der Waals surface area contributed by atoms with Crippen molar-refractivity contribution < 1.29 is 4.42 Å². The molecule has 13 rings (SSSR count). The van der Waals surface area contributed by atoms with Crippen molar-refractivity contribution >= 4 is 70.5 Å². The monoisotopic (exact) mass is 861 g/mol. The summed E-state index contributed by atoms with van der Waals surface area (Å²) in [4.78, 5) is 2.37. The first-order valence-electron chi connectivity index (χ1n) is 22.7. The summed E-state index contributed by atoms with van der Waals surface area (Å²) in [6, 6.07) is 82.1. The zero-order chi connectivity index (χ0) is 43.9. The fourth-order valence-corrected chi connectivity index (χ4v) is 11.6. The molecule has 0 bridgehead atoms. The summed E-state index contributed by atoms with van der Waals surface area (Å²) >= 11 is 1.86. The molecule has 66 heavy (non-hydrogen) atoms. The Balaban J connectivity index is 0.872. The Morgan fingerprint density at radius 3 is 1.64 bits per heavy atom. The Bertz CT molecular complexity index is 3820. The van der Waals surface area contributed by atoms with Crippen molar-refractivity contribution in [1.82, 2.24) is 0 Å². The molecule has 0 spiro atoms. The van der Waals surface area contributed by atoms with Gasteiger partial charge >= 0.3 is 0 Å². The van der Waals surface area contributed by atoms with Gasteiger partial charge in [0.25, 0.3) is 0 Å². The van der Waals surface area contributed by atoms with Crippen LogP contribution in [-0.4, -0.2) is 0 Å². The maximum atomic E-state index is 6.27. The summed E-state index contributed by atoms with van der Waals surface area (Å²) in [5, 5.41) is 4.91. The average Bonchev–Trinajstić information content (AvgIpc) is 4.02. The van der Waals surface area contributed by atoms with Gasteiger partial charge in [-0.3, -0.25) is 0 Å². The Morgan fingerprint density at radius 1 is 0.348 bits per heavy atom. The molecule has 0 unspecified atom stereocenters. The molecule has 2 heterocycles. The van der Waals surface area contributed by atoms with Crippen molar-refractivity contribution in [3.8, 4) is 55.6 Å². The Labute approximate surface area is 388 Å². The van der Waals surface area contributed by atoms with Crippen LogP contribution >= 0.6 is 11.3 Å². The van der Waals surface area contributed by atoms with Crippen LogP contribution in [0, 0.1) is 0 Å². The first-order valence-corrected chi connectivity index (χ1v) is 23.5. The number of benzene rings is 10. The Kier molecular flexibility index (Phi) is 8.78. The molecular weight excluding hydrogens is 819 g/mol. The molecule has 0 amide bonds. The zero-order valence-electron chi connectivity index (χ0n) is 36.6. The fraction of sp³-hybridized carbons (Fsp3) is 0.0476. The molecule has 12 aromatic rings. The second-order valence-electron chi connectivity index (χ2n) is 18.1. The number of anilines is 3. The van der Waals surface area contributed by atoms with Crippen molar-refractivity contribution in [2.45, 2.75) is 19.3 Å². The number of nitrogens with zero attached hydrogens (tertiary/aromatic N) is 1. The third-order valence-electron chi connectivity index (χ3n) is 13.9. The summed E-state index contributed by atoms with van der Waals surface area (Å²) in [5.41, 5.74) is 20.0. The molecule has 0 atom stereocenters. The quantitative estimate of drug-likeness (QED) is 0.159. The van der Waals surface area contributed by atoms with E-state index in [2.05, 4.69) is 231 Å². The van der Waals surface area contributed by atoms with Crippen molar-refractivity contribution in [3.05, 3.63) is 236 Å². The lowest BCUT2D eigenvalue weighted by molar-refractivity contribution is 0.660. The van der Waals surface area contributed by atoms with Crippen LogP contribution < -0.4 is 4.90 Å². The lowest BCUT2D eigenvalue weighted by Crippen LogP contribution is -2.15. The second kappa shape index (κ2) is 15.1. The number of thiophene rings is 1. The average molecular weight is 862 g/mol. The molecule has 312 valence electrons. The molecular formula is C63H43NOS. The van der Waals surface area contributed by atoms with Gasteiger partial charge in [-0.15, -0.1) is 11.3 Å². The number of hydrogen-bond donors (Lipinski definition) is 0. The van der Waals surface area contributed by atoms with Gasteiger partial charge in [-0.1, -0.05) is 159 Å². The topological polar surface area (TPSA) is 16.4 Å². The number of fused-ring (bicyclic) bond motifs is 9. The maximum absolute atomic E-state index is 6.27. The largest absolute Gasteiger partial charge is 0.456 e. The minimum atomic E-state index is -0.0900. The van der Waals surface area contributed by atoms with E-state index in [1.807, 2.05) is 23.5 Å². The molecule has 3 heteroatoms. The highest BCUT2D eigenvalue weighted by Crippen LogP contribution is 2.51. The fourth-order valence-electron chi connectivity index (χ4n) is 10.5. The summed E-state index contributed by atoms with van der Waals surface area (Å²) in [5.74, 6) is 0. The molecule has 0 N–H and O–H groups in total. The molecule has 2 nitrogen and oxygen atoms in total. The maximum Gasteiger partial charge on any atom is 0.136 e. The lowest BCUT2D eigenvalue weighted by atomic mass is 9.81. The highest BCUT2D eigenvalue weighted by atomic mass is 32.1. The number of para-hydroxylation sites is 1. The molecule has 0 fully saturated rings. The van der Waals surface area contributed by atoms with Crippen molar-refractivity contribution in [2.75, 3.05) is 4.90 Å². The standard InChI is InChI=1S/C63H43NOS/c1-63(2)56-35-26-44(37-54(56)51-34-25-46(39-57(51)63)40-11-4-3-5-12-40)41-19-28-47(29-20-41)64(48-30-21-42(22-31-48)45-27-36-61-55(38-45)52-13-7-9-18-60(52)66-61)49-32-23-43(24-33-49)50-15-10-17-59-62(50)53-14-6-8-16-58(53)65-59/h3-39H,1-2H3. The van der Waals surface area contributed by atoms with E-state index in [0.717, 1.165) is 50.1 Å². The van der Waals surface area contributed by atoms with Crippen LogP contribution in [0.5, 0.6) is 0 Å². The number of rotatable bonds is 7. The summed E-state index contributed by atoms with van der Waals surface area (Å²) in [6.07, 6.45) is 0. The second-order valence-corrected chi connectivity index (χ2v) is 19.2. The van der Waals surface area contributed by atoms with E-state index in [9.17, 15) is 0 Å². The van der Waals surface area contributed by atoms with Crippen LogP contribution in [0.4, 0.5) is 17.1 Å². The highest BCUT2D eigenvalue weighted by Gasteiger charge is 2.36. The zero-order valence-corrected chi connectivity index (χ0v) is 37.4. The predicted octanol–water partition coefficient (Wildman–Crippen LogP) is 18.4. The molecule has 0 radical (unpaired) electrons. The van der Waals surface area contributed by atoms with E-state index in [0.29, 0.717) is 0 Å². The van der Waals surface area contributed by atoms with Crippen LogP contribution in [0.1, 0.15) is 25.0 Å². The van der Waals surface area contributed by atoms with Gasteiger partial charge in [0.15, 0.2) is 0 Å². The van der Waals surface area contributed by atoms with E-state index in [-0.39, 0.29) is 5.41 Å². The number of furan rings is 1. The van der Waals surface area contributed by atoms with E-state index in [1.165, 1.54) is 75.8 Å². The normalized spacial score (nSPS) is 12.8. The van der Waals surface area contributed by atoms with Crippen LogP contribution in [0.15, 0.2) is 229 Å². The van der Waals surface area contributed by atoms with Crippen LogP contribution in [0.3, 0.4) is 0 Å². The van der Waals surface area contributed by atoms with Gasteiger partial charge < -0.3 is 9.32 Å². The smallest absolute Gasteiger partial charge is 0.136 e. The van der Waals surface area contributed by atoms with Crippen molar-refractivity contribution in [2.24, 2.45) is 0 Å². The predicted molar refractivity (Wildman–Crippen MR) is 281 cm³/mol. The van der Waals surface area contributed by atoms with Gasteiger partial charge in [0.2, 0.25) is 0 Å². The summed E-state index contributed by atoms with van der Waals surface area (Å²) < 4.78 is 8.91. The van der Waals surface area contributed by atoms with Gasteiger partial charge in [-0.2, -0.15) is 0 Å². The molecule has 0 aliphatic heterocycles. The van der Waals surface area contributed by atoms with E-state index in [1.54, 1.807) is 0 Å². The highest BCUT2D eigenvalue weighted by molar-refractivity contribution is 7.25. The van der Waals surface area contributed by atoms with Gasteiger partial charge in [0.05, 0.1) is 0 Å². The van der Waals surface area contributed by atoms with Crippen molar-refractivity contribution in [1.29, 1.82) is 0 Å². The molecule has 10 aromatic carbocycles. The molecule has 1 aliphatic rings. The molecule has 2 aromatic heterocycles. The van der Waals surface area contributed by atoms with Gasteiger partial charge in [-0.25, -0.2) is 0 Å². The summed E-state index contributed by atoms with van der Waals surface area (Å²) in [7, 11) is 0. The molecule has 0 saturated heterocycles. The lowest BCUT2D eigenvalue weighted by Gasteiger charge is -2.26. The van der Waals surface area contributed by atoms with Gasteiger partial charge in [0.1, 0.15) is 11.2 Å². The van der Waals surface area contributed by atoms with Gasteiger partial charge in [0, 0.05) is 53.4 Å². The number of hydrogen-bond acceptors (Lipinski definition) is 3. The minimum absolute atomic E-state index is 0.0900. The van der Waals surface area contributed by atoms with Crippen LogP contribution in [0.25, 0.3) is 97.7 Å². The van der Waals surface area contributed by atoms with Crippen LogP contribution in [0.2, 0.25) is 0 Å². The first-order chi connectivity index (χ1) is 32.4. The Morgan fingerprint density at radius 2 is 0.894 bits per heavy atom.